The van der Waals surface area contributed by atoms with Crippen molar-refractivity contribution < 1.29 is 9.90 Å². The van der Waals surface area contributed by atoms with Crippen LogP contribution < -0.4 is 0 Å². The Kier molecular flexibility index (Phi) is 2.37. The van der Waals surface area contributed by atoms with Crippen molar-refractivity contribution >= 4 is 5.97 Å². The maximum atomic E-state index is 10.9. The van der Waals surface area contributed by atoms with Crippen LogP contribution in [0, 0.1) is 0 Å². The van der Waals surface area contributed by atoms with Gasteiger partial charge in [0, 0.05) is 11.8 Å². The highest BCUT2D eigenvalue weighted by Crippen LogP contribution is 2.19. The zero-order valence-electron chi connectivity index (χ0n) is 7.66. The van der Waals surface area contributed by atoms with Crippen LogP contribution in [0.3, 0.4) is 0 Å². The number of carboxylic acid groups (broad SMARTS) is 1. The summed E-state index contributed by atoms with van der Waals surface area (Å²) in [5.41, 5.74) is 1.20. The summed E-state index contributed by atoms with van der Waals surface area (Å²) in [5, 5.41) is 16.2. The van der Waals surface area contributed by atoms with Gasteiger partial charge in [0.2, 0.25) is 0 Å². The molecule has 0 bridgehead atoms. The van der Waals surface area contributed by atoms with E-state index >= 15 is 0 Å². The van der Waals surface area contributed by atoms with Gasteiger partial charge in [0.25, 0.3) is 0 Å². The smallest absolute Gasteiger partial charge is 0.337 e. The second-order valence-electron chi connectivity index (χ2n) is 2.84. The maximum Gasteiger partial charge on any atom is 0.337 e. The molecule has 0 aliphatic rings. The molecule has 0 amide bonds. The molecule has 0 aliphatic carbocycles. The van der Waals surface area contributed by atoms with Crippen molar-refractivity contribution in [2.45, 2.75) is 0 Å². The molecule has 5 heteroatoms. The number of carboxylic acids is 1. The number of carbonyl (C=O) groups is 1. The Morgan fingerprint density at radius 3 is 2.73 bits per heavy atom. The molecule has 0 atom stereocenters. The molecule has 0 saturated heterocycles. The topological polar surface area (TPSA) is 76.0 Å². The van der Waals surface area contributed by atoms with Crippen LogP contribution in [0.25, 0.3) is 11.3 Å². The summed E-state index contributed by atoms with van der Waals surface area (Å²) >= 11 is 0. The van der Waals surface area contributed by atoms with E-state index in [1.807, 2.05) is 0 Å². The molecule has 1 N–H and O–H groups in total. The van der Waals surface area contributed by atoms with Crippen molar-refractivity contribution in [1.29, 1.82) is 0 Å². The highest BCUT2D eigenvalue weighted by molar-refractivity contribution is 5.94. The largest absolute Gasteiger partial charge is 0.478 e. The van der Waals surface area contributed by atoms with Crippen LogP contribution >= 0.6 is 0 Å². The molecule has 2 heterocycles. The average Bonchev–Trinajstić information content (AvgIpc) is 2.30. The Morgan fingerprint density at radius 2 is 2.07 bits per heavy atom. The van der Waals surface area contributed by atoms with E-state index in [0.717, 1.165) is 0 Å². The number of aromatic carboxylic acids is 1. The fraction of sp³-hybridized carbons (Fsp3) is 0. The van der Waals surface area contributed by atoms with Crippen molar-refractivity contribution in [3.8, 4) is 11.3 Å². The first-order valence-electron chi connectivity index (χ1n) is 4.24. The number of rotatable bonds is 2. The van der Waals surface area contributed by atoms with Crippen molar-refractivity contribution in [1.82, 2.24) is 15.2 Å². The van der Waals surface area contributed by atoms with Gasteiger partial charge < -0.3 is 5.11 Å². The highest BCUT2D eigenvalue weighted by Gasteiger charge is 2.11. The number of aromatic nitrogens is 3. The summed E-state index contributed by atoms with van der Waals surface area (Å²) in [4.78, 5) is 14.9. The van der Waals surface area contributed by atoms with Crippen molar-refractivity contribution in [2.75, 3.05) is 0 Å². The molecule has 5 nitrogen and oxygen atoms in total. The van der Waals surface area contributed by atoms with Gasteiger partial charge in [-0.1, -0.05) is 0 Å². The summed E-state index contributed by atoms with van der Waals surface area (Å²) < 4.78 is 0. The monoisotopic (exact) mass is 201 g/mol. The van der Waals surface area contributed by atoms with E-state index in [9.17, 15) is 4.79 Å². The standard InChI is InChI=1S/C10H7N3O2/c14-10(15)8-2-1-4-11-9(8)7-3-5-12-13-6-7/h1-6H,(H,14,15). The van der Waals surface area contributed by atoms with Crippen molar-refractivity contribution in [2.24, 2.45) is 0 Å². The summed E-state index contributed by atoms with van der Waals surface area (Å²) in [6, 6.07) is 4.76. The lowest BCUT2D eigenvalue weighted by Gasteiger charge is -2.02. The second-order valence-corrected chi connectivity index (χ2v) is 2.84. The van der Waals surface area contributed by atoms with E-state index in [1.54, 1.807) is 18.3 Å². The molecule has 0 spiro atoms. The third-order valence-corrected chi connectivity index (χ3v) is 1.90. The van der Waals surface area contributed by atoms with Crippen LogP contribution in [0.2, 0.25) is 0 Å². The molecule has 2 aromatic rings. The zero-order valence-corrected chi connectivity index (χ0v) is 7.66. The summed E-state index contributed by atoms with van der Waals surface area (Å²) in [7, 11) is 0. The lowest BCUT2D eigenvalue weighted by Crippen LogP contribution is -2.01. The van der Waals surface area contributed by atoms with Gasteiger partial charge in [0.05, 0.1) is 23.7 Å². The van der Waals surface area contributed by atoms with Gasteiger partial charge in [-0.25, -0.2) is 4.79 Å². The Morgan fingerprint density at radius 1 is 1.20 bits per heavy atom. The first kappa shape index (κ1) is 9.26. The van der Waals surface area contributed by atoms with E-state index in [4.69, 9.17) is 5.11 Å². The lowest BCUT2D eigenvalue weighted by molar-refractivity contribution is 0.0697. The van der Waals surface area contributed by atoms with E-state index in [2.05, 4.69) is 15.2 Å². The highest BCUT2D eigenvalue weighted by atomic mass is 16.4. The molecular weight excluding hydrogens is 194 g/mol. The molecule has 2 rings (SSSR count). The number of hydrogen-bond donors (Lipinski definition) is 1. The lowest BCUT2D eigenvalue weighted by atomic mass is 10.1. The van der Waals surface area contributed by atoms with Gasteiger partial charge in [-0.2, -0.15) is 10.2 Å². The van der Waals surface area contributed by atoms with Crippen LogP contribution in [-0.2, 0) is 0 Å². The zero-order chi connectivity index (χ0) is 10.7. The quantitative estimate of drug-likeness (QED) is 0.790. The van der Waals surface area contributed by atoms with Crippen LogP contribution in [0.4, 0.5) is 0 Å². The molecule has 0 aliphatic heterocycles. The van der Waals surface area contributed by atoms with Crippen molar-refractivity contribution in [3.63, 3.8) is 0 Å². The number of hydrogen-bond acceptors (Lipinski definition) is 4. The normalized spacial score (nSPS) is 9.87. The molecule has 15 heavy (non-hydrogen) atoms. The second kappa shape index (κ2) is 3.83. The Labute approximate surface area is 85.4 Å². The van der Waals surface area contributed by atoms with Gasteiger partial charge in [0.15, 0.2) is 0 Å². The fourth-order valence-electron chi connectivity index (χ4n) is 1.24. The van der Waals surface area contributed by atoms with E-state index < -0.39 is 5.97 Å². The Bertz CT molecular complexity index is 485. The molecule has 0 saturated carbocycles. The predicted octanol–water partition coefficient (Wildman–Crippen LogP) is 1.24. The minimum atomic E-state index is -1.00. The van der Waals surface area contributed by atoms with Crippen molar-refractivity contribution in [3.05, 3.63) is 42.4 Å². The number of nitrogens with zero attached hydrogens (tertiary/aromatic N) is 3. The minimum Gasteiger partial charge on any atom is -0.478 e. The van der Waals surface area contributed by atoms with E-state index in [1.165, 1.54) is 18.5 Å². The molecule has 0 fully saturated rings. The fourth-order valence-corrected chi connectivity index (χ4v) is 1.24. The van der Waals surface area contributed by atoms with Gasteiger partial charge in [-0.15, -0.1) is 0 Å². The van der Waals surface area contributed by atoms with Gasteiger partial charge in [-0.3, -0.25) is 4.98 Å². The van der Waals surface area contributed by atoms with Crippen LogP contribution in [0.5, 0.6) is 0 Å². The molecular formula is C10H7N3O2. The van der Waals surface area contributed by atoms with Crippen LogP contribution in [0.15, 0.2) is 36.8 Å². The third kappa shape index (κ3) is 1.80. The Balaban J connectivity index is 2.58. The van der Waals surface area contributed by atoms with Crippen LogP contribution in [-0.4, -0.2) is 26.3 Å². The van der Waals surface area contributed by atoms with Gasteiger partial charge >= 0.3 is 5.97 Å². The molecule has 74 valence electrons. The van der Waals surface area contributed by atoms with Crippen LogP contribution in [0.1, 0.15) is 10.4 Å². The SMILES string of the molecule is O=C(O)c1cccnc1-c1ccnnc1. The molecule has 0 unspecified atom stereocenters. The minimum absolute atomic E-state index is 0.158. The predicted molar refractivity (Wildman–Crippen MR) is 52.2 cm³/mol. The van der Waals surface area contributed by atoms with Gasteiger partial charge in [-0.05, 0) is 18.2 Å². The third-order valence-electron chi connectivity index (χ3n) is 1.90. The summed E-state index contributed by atoms with van der Waals surface area (Å²) in [6.45, 7) is 0. The Hall–Kier alpha value is -2.30. The van der Waals surface area contributed by atoms with E-state index in [0.29, 0.717) is 11.3 Å². The maximum absolute atomic E-state index is 10.9. The van der Waals surface area contributed by atoms with E-state index in [-0.39, 0.29) is 5.56 Å². The average molecular weight is 201 g/mol. The number of pyridine rings is 1. The molecule has 2 aromatic heterocycles. The summed E-state index contributed by atoms with van der Waals surface area (Å²) in [6.07, 6.45) is 4.52. The van der Waals surface area contributed by atoms with Gasteiger partial charge in [0.1, 0.15) is 0 Å². The first-order valence-corrected chi connectivity index (χ1v) is 4.24. The summed E-state index contributed by atoms with van der Waals surface area (Å²) in [5.74, 6) is -1.00. The molecule has 0 aromatic carbocycles. The first-order chi connectivity index (χ1) is 7.29. The molecule has 0 radical (unpaired) electrons.